The number of carbonyl (C=O) groups excluding carboxylic acids is 2. The number of nitrogens with one attached hydrogen (secondary N) is 1. The first-order valence-electron chi connectivity index (χ1n) is 5.44. The molecule has 0 bridgehead atoms. The number of hydrogen-bond donors (Lipinski definition) is 2. The maximum Gasteiger partial charge on any atom is 0.320 e. The Morgan fingerprint density at radius 1 is 1.28 bits per heavy atom. The fraction of sp³-hybridized carbons (Fsp3) is 0.250. The second-order valence-corrected chi connectivity index (χ2v) is 4.01. The van der Waals surface area contributed by atoms with Gasteiger partial charge in [0.2, 0.25) is 0 Å². The number of rotatable bonds is 4. The number of aliphatic carboxylic acids is 1. The number of fused-ring (bicyclic) bond motifs is 1. The Balaban J connectivity index is 2.12. The summed E-state index contributed by atoms with van der Waals surface area (Å²) in [7, 11) is 0. The Labute approximate surface area is 103 Å². The number of benzene rings is 1. The third kappa shape index (κ3) is 1.98. The maximum absolute atomic E-state index is 11.9. The summed E-state index contributed by atoms with van der Waals surface area (Å²) in [5.41, 5.74) is 0.708. The lowest BCUT2D eigenvalue weighted by Crippen LogP contribution is -2.44. The van der Waals surface area contributed by atoms with Crippen LogP contribution >= 0.6 is 0 Å². The van der Waals surface area contributed by atoms with E-state index in [4.69, 9.17) is 5.11 Å². The predicted octanol–water partition coefficient (Wildman–Crippen LogP) is 0.303. The minimum Gasteiger partial charge on any atom is -0.480 e. The summed E-state index contributed by atoms with van der Waals surface area (Å²) >= 11 is 0. The lowest BCUT2D eigenvalue weighted by molar-refractivity contribution is -0.139. The van der Waals surface area contributed by atoms with Crippen molar-refractivity contribution < 1.29 is 19.5 Å². The molecule has 6 heteroatoms. The second kappa shape index (κ2) is 4.58. The van der Waals surface area contributed by atoms with Gasteiger partial charge in [0.25, 0.3) is 11.8 Å². The van der Waals surface area contributed by atoms with Crippen molar-refractivity contribution in [1.82, 2.24) is 10.2 Å². The fourth-order valence-electron chi connectivity index (χ4n) is 1.70. The van der Waals surface area contributed by atoms with Crippen molar-refractivity contribution in [3.05, 3.63) is 35.4 Å². The summed E-state index contributed by atoms with van der Waals surface area (Å²) in [6.07, 6.45) is 0. The molecule has 6 nitrogen and oxygen atoms in total. The molecule has 2 rings (SSSR count). The number of nitrogens with zero attached hydrogens (tertiary/aromatic N) is 1. The van der Waals surface area contributed by atoms with Gasteiger partial charge < -0.3 is 5.11 Å². The Morgan fingerprint density at radius 2 is 1.78 bits per heavy atom. The summed E-state index contributed by atoms with van der Waals surface area (Å²) in [6.45, 7) is 1.33. The van der Waals surface area contributed by atoms with Crippen LogP contribution in [0, 0.1) is 0 Å². The quantitative estimate of drug-likeness (QED) is 0.748. The molecule has 1 atom stereocenters. The number of imide groups is 1. The molecule has 0 radical (unpaired) electrons. The van der Waals surface area contributed by atoms with Crippen LogP contribution in [-0.2, 0) is 4.79 Å². The molecule has 18 heavy (non-hydrogen) atoms. The van der Waals surface area contributed by atoms with Gasteiger partial charge in [-0.1, -0.05) is 12.1 Å². The van der Waals surface area contributed by atoms with E-state index in [1.165, 1.54) is 6.92 Å². The molecule has 0 unspecified atom stereocenters. The molecule has 2 amide bonds. The van der Waals surface area contributed by atoms with Crippen molar-refractivity contribution in [1.29, 1.82) is 0 Å². The third-order valence-corrected chi connectivity index (χ3v) is 2.80. The van der Waals surface area contributed by atoms with E-state index in [-0.39, 0.29) is 6.67 Å². The van der Waals surface area contributed by atoms with Crippen LogP contribution in [-0.4, -0.2) is 40.5 Å². The van der Waals surface area contributed by atoms with Crippen molar-refractivity contribution in [2.24, 2.45) is 0 Å². The molecule has 0 fully saturated rings. The van der Waals surface area contributed by atoms with E-state index < -0.39 is 23.8 Å². The molecule has 1 aliphatic rings. The molecule has 1 heterocycles. The van der Waals surface area contributed by atoms with Gasteiger partial charge in [0, 0.05) is 0 Å². The zero-order valence-electron chi connectivity index (χ0n) is 9.71. The van der Waals surface area contributed by atoms with Crippen molar-refractivity contribution in [2.45, 2.75) is 13.0 Å². The topological polar surface area (TPSA) is 86.7 Å². The number of hydrogen-bond acceptors (Lipinski definition) is 4. The van der Waals surface area contributed by atoms with E-state index in [0.29, 0.717) is 11.1 Å². The average molecular weight is 248 g/mol. The van der Waals surface area contributed by atoms with Crippen molar-refractivity contribution in [2.75, 3.05) is 6.67 Å². The number of amides is 2. The lowest BCUT2D eigenvalue weighted by atomic mass is 10.1. The Hall–Kier alpha value is -2.21. The molecule has 1 aromatic rings. The number of carbonyl (C=O) groups is 3. The smallest absolute Gasteiger partial charge is 0.320 e. The lowest BCUT2D eigenvalue weighted by Gasteiger charge is -2.16. The van der Waals surface area contributed by atoms with E-state index in [0.717, 1.165) is 4.90 Å². The van der Waals surface area contributed by atoms with E-state index >= 15 is 0 Å². The molecule has 0 saturated carbocycles. The standard InChI is InChI=1S/C12H12N2O4/c1-7(12(17)18)13-6-14-10(15)8-4-2-3-5-9(8)11(14)16/h2-5,7,13H,6H2,1H3,(H,17,18)/t7-/m0/s1. The van der Waals surface area contributed by atoms with Crippen LogP contribution in [0.5, 0.6) is 0 Å². The molecule has 1 aliphatic heterocycles. The van der Waals surface area contributed by atoms with Crippen LogP contribution in [0.4, 0.5) is 0 Å². The van der Waals surface area contributed by atoms with Gasteiger partial charge >= 0.3 is 5.97 Å². The van der Waals surface area contributed by atoms with E-state index in [9.17, 15) is 14.4 Å². The van der Waals surface area contributed by atoms with Crippen molar-refractivity contribution >= 4 is 17.8 Å². The largest absolute Gasteiger partial charge is 0.480 e. The summed E-state index contributed by atoms with van der Waals surface area (Å²) in [5, 5.41) is 11.3. The normalized spacial score (nSPS) is 15.7. The molecule has 2 N–H and O–H groups in total. The number of carboxylic acids is 1. The summed E-state index contributed by atoms with van der Waals surface area (Å²) in [4.78, 5) is 35.5. The van der Waals surface area contributed by atoms with Gasteiger partial charge in [-0.25, -0.2) is 0 Å². The zero-order chi connectivity index (χ0) is 13.3. The molecule has 0 aliphatic carbocycles. The summed E-state index contributed by atoms with van der Waals surface area (Å²) in [5.74, 6) is -1.84. The highest BCUT2D eigenvalue weighted by Gasteiger charge is 2.35. The van der Waals surface area contributed by atoms with E-state index in [2.05, 4.69) is 5.32 Å². The molecule has 0 saturated heterocycles. The van der Waals surface area contributed by atoms with Crippen LogP contribution in [0.3, 0.4) is 0 Å². The minimum atomic E-state index is -1.04. The Kier molecular flexibility index (Phi) is 3.12. The van der Waals surface area contributed by atoms with Crippen molar-refractivity contribution in [3.8, 4) is 0 Å². The second-order valence-electron chi connectivity index (χ2n) is 4.01. The Morgan fingerprint density at radius 3 is 2.22 bits per heavy atom. The van der Waals surface area contributed by atoms with Gasteiger partial charge in [-0.15, -0.1) is 0 Å². The molecular formula is C12H12N2O4. The SMILES string of the molecule is C[C@H](NCN1C(=O)c2ccccc2C1=O)C(=O)O. The van der Waals surface area contributed by atoms with Gasteiger partial charge in [0.05, 0.1) is 17.8 Å². The first-order valence-corrected chi connectivity index (χ1v) is 5.44. The average Bonchev–Trinajstić information content (AvgIpc) is 2.60. The van der Waals surface area contributed by atoms with Crippen LogP contribution in [0.25, 0.3) is 0 Å². The minimum absolute atomic E-state index is 0.111. The maximum atomic E-state index is 11.9. The fourth-order valence-corrected chi connectivity index (χ4v) is 1.70. The van der Waals surface area contributed by atoms with Gasteiger partial charge in [-0.05, 0) is 19.1 Å². The molecule has 0 spiro atoms. The van der Waals surface area contributed by atoms with E-state index in [1.54, 1.807) is 24.3 Å². The molecular weight excluding hydrogens is 236 g/mol. The van der Waals surface area contributed by atoms with Crippen LogP contribution < -0.4 is 5.32 Å². The third-order valence-electron chi connectivity index (χ3n) is 2.80. The van der Waals surface area contributed by atoms with Crippen LogP contribution in [0.1, 0.15) is 27.6 Å². The zero-order valence-corrected chi connectivity index (χ0v) is 9.71. The van der Waals surface area contributed by atoms with Gasteiger partial charge in [0.15, 0.2) is 0 Å². The summed E-state index contributed by atoms with van der Waals surface area (Å²) < 4.78 is 0. The van der Waals surface area contributed by atoms with Gasteiger partial charge in [-0.2, -0.15) is 0 Å². The molecule has 1 aromatic carbocycles. The number of carboxylic acid groups (broad SMARTS) is 1. The Bertz CT molecular complexity index is 492. The highest BCUT2D eigenvalue weighted by molar-refractivity contribution is 6.21. The first-order chi connectivity index (χ1) is 8.52. The van der Waals surface area contributed by atoms with Gasteiger partial charge in [-0.3, -0.25) is 24.6 Å². The van der Waals surface area contributed by atoms with E-state index in [1.807, 2.05) is 0 Å². The van der Waals surface area contributed by atoms with Crippen LogP contribution in [0.2, 0.25) is 0 Å². The van der Waals surface area contributed by atoms with Gasteiger partial charge in [0.1, 0.15) is 6.04 Å². The summed E-state index contributed by atoms with van der Waals surface area (Å²) in [6, 6.07) is 5.70. The monoisotopic (exact) mass is 248 g/mol. The first kappa shape index (κ1) is 12.3. The van der Waals surface area contributed by atoms with Crippen molar-refractivity contribution in [3.63, 3.8) is 0 Å². The predicted molar refractivity (Wildman–Crippen MR) is 62.0 cm³/mol. The van der Waals surface area contributed by atoms with Crippen LogP contribution in [0.15, 0.2) is 24.3 Å². The molecule has 94 valence electrons. The molecule has 0 aromatic heterocycles. The highest BCUT2D eigenvalue weighted by Crippen LogP contribution is 2.21. The highest BCUT2D eigenvalue weighted by atomic mass is 16.4.